The standard InChI is InChI=1S/C20H22F2N4O3/c1-19(14-10-13(21)6-7-15(14)22)17(28)26(18(29)24-19)11-16(27)25(2)20(12-23)8-4-3-5-9-20/h6-7,10H,3-5,8-9,11H2,1-2H3,(H,24,29). The van der Waals surface area contributed by atoms with Crippen LogP contribution in [0.1, 0.15) is 44.6 Å². The first-order chi connectivity index (χ1) is 13.6. The molecule has 1 aliphatic heterocycles. The predicted molar refractivity (Wildman–Crippen MR) is 98.2 cm³/mol. The second kappa shape index (κ2) is 7.43. The van der Waals surface area contributed by atoms with Crippen LogP contribution in [0.4, 0.5) is 13.6 Å². The number of carbonyl (C=O) groups excluding carboxylic acids is 3. The van der Waals surface area contributed by atoms with Crippen LogP contribution in [0.3, 0.4) is 0 Å². The highest BCUT2D eigenvalue weighted by molar-refractivity contribution is 6.09. The highest BCUT2D eigenvalue weighted by Crippen LogP contribution is 2.34. The van der Waals surface area contributed by atoms with Crippen molar-refractivity contribution >= 4 is 17.8 Å². The lowest BCUT2D eigenvalue weighted by Crippen LogP contribution is -2.53. The number of hydrogen-bond acceptors (Lipinski definition) is 4. The van der Waals surface area contributed by atoms with E-state index in [-0.39, 0.29) is 5.56 Å². The van der Waals surface area contributed by atoms with E-state index >= 15 is 0 Å². The topological polar surface area (TPSA) is 93.5 Å². The molecule has 2 fully saturated rings. The number of imide groups is 1. The molecule has 1 aromatic carbocycles. The maximum absolute atomic E-state index is 14.2. The van der Waals surface area contributed by atoms with Crippen molar-refractivity contribution in [1.82, 2.24) is 15.1 Å². The van der Waals surface area contributed by atoms with Gasteiger partial charge in [-0.05, 0) is 38.0 Å². The number of carbonyl (C=O) groups is 3. The first kappa shape index (κ1) is 20.7. The highest BCUT2D eigenvalue weighted by atomic mass is 19.1. The molecule has 0 radical (unpaired) electrons. The maximum atomic E-state index is 14.2. The molecule has 0 bridgehead atoms. The molecule has 29 heavy (non-hydrogen) atoms. The highest BCUT2D eigenvalue weighted by Gasteiger charge is 2.51. The molecule has 1 atom stereocenters. The fraction of sp³-hybridized carbons (Fsp3) is 0.500. The molecule has 3 rings (SSSR count). The largest absolute Gasteiger partial charge is 0.325 e. The first-order valence-corrected chi connectivity index (χ1v) is 9.42. The minimum atomic E-state index is -1.83. The molecule has 1 heterocycles. The molecule has 1 unspecified atom stereocenters. The monoisotopic (exact) mass is 404 g/mol. The summed E-state index contributed by atoms with van der Waals surface area (Å²) < 4.78 is 27.8. The minimum Gasteiger partial charge on any atom is -0.325 e. The zero-order chi connectivity index (χ0) is 21.4. The van der Waals surface area contributed by atoms with Gasteiger partial charge in [-0.2, -0.15) is 5.26 Å². The van der Waals surface area contributed by atoms with Crippen LogP contribution in [0, 0.1) is 23.0 Å². The van der Waals surface area contributed by atoms with Crippen molar-refractivity contribution in [3.63, 3.8) is 0 Å². The lowest BCUT2D eigenvalue weighted by atomic mass is 9.81. The van der Waals surface area contributed by atoms with E-state index in [1.807, 2.05) is 0 Å². The van der Waals surface area contributed by atoms with Gasteiger partial charge < -0.3 is 10.2 Å². The van der Waals surface area contributed by atoms with Gasteiger partial charge in [-0.15, -0.1) is 0 Å². The molecule has 1 saturated carbocycles. The fourth-order valence-electron chi connectivity index (χ4n) is 4.04. The van der Waals surface area contributed by atoms with Gasteiger partial charge >= 0.3 is 6.03 Å². The molecule has 1 aliphatic carbocycles. The van der Waals surface area contributed by atoms with Crippen molar-refractivity contribution < 1.29 is 23.2 Å². The van der Waals surface area contributed by atoms with Crippen LogP contribution < -0.4 is 5.32 Å². The zero-order valence-corrected chi connectivity index (χ0v) is 16.3. The van der Waals surface area contributed by atoms with Crippen LogP contribution >= 0.6 is 0 Å². The summed E-state index contributed by atoms with van der Waals surface area (Å²) in [6, 6.07) is 3.96. The number of nitrogens with one attached hydrogen (secondary N) is 1. The second-order valence-corrected chi connectivity index (χ2v) is 7.73. The Balaban J connectivity index is 1.82. The Labute approximate surface area is 167 Å². The molecule has 1 N–H and O–H groups in total. The predicted octanol–water partition coefficient (Wildman–Crippen LogP) is 2.42. The Hall–Kier alpha value is -3.02. The third-order valence-electron chi connectivity index (χ3n) is 5.94. The number of nitriles is 1. The van der Waals surface area contributed by atoms with Gasteiger partial charge in [0.2, 0.25) is 5.91 Å². The average Bonchev–Trinajstić information content (AvgIpc) is 2.93. The first-order valence-electron chi connectivity index (χ1n) is 9.42. The number of hydrogen-bond donors (Lipinski definition) is 1. The van der Waals surface area contributed by atoms with Crippen molar-refractivity contribution in [1.29, 1.82) is 5.26 Å². The summed E-state index contributed by atoms with van der Waals surface area (Å²) in [4.78, 5) is 40.1. The molecule has 4 amide bonds. The number of benzene rings is 1. The Kier molecular flexibility index (Phi) is 5.30. The quantitative estimate of drug-likeness (QED) is 0.780. The van der Waals surface area contributed by atoms with Crippen molar-refractivity contribution in [2.45, 2.75) is 50.1 Å². The zero-order valence-electron chi connectivity index (χ0n) is 16.3. The van der Waals surface area contributed by atoms with E-state index in [1.54, 1.807) is 0 Å². The van der Waals surface area contributed by atoms with Crippen LogP contribution in [0.15, 0.2) is 18.2 Å². The van der Waals surface area contributed by atoms with E-state index in [4.69, 9.17) is 0 Å². The summed E-state index contributed by atoms with van der Waals surface area (Å²) in [5, 5.41) is 12.0. The lowest BCUT2D eigenvalue weighted by Gasteiger charge is -2.39. The van der Waals surface area contributed by atoms with E-state index < -0.39 is 47.1 Å². The molecule has 0 spiro atoms. The Morgan fingerprint density at radius 1 is 1.28 bits per heavy atom. The van der Waals surface area contributed by atoms with Crippen LogP contribution in [0.2, 0.25) is 0 Å². The van der Waals surface area contributed by atoms with Gasteiger partial charge in [0.1, 0.15) is 29.3 Å². The fourth-order valence-corrected chi connectivity index (χ4v) is 4.04. The molecule has 9 heteroatoms. The number of rotatable bonds is 4. The third kappa shape index (κ3) is 3.43. The Morgan fingerprint density at radius 3 is 2.55 bits per heavy atom. The molecule has 7 nitrogen and oxygen atoms in total. The molecule has 154 valence electrons. The van der Waals surface area contributed by atoms with Crippen molar-refractivity contribution in [2.75, 3.05) is 13.6 Å². The van der Waals surface area contributed by atoms with Gasteiger partial charge in [-0.25, -0.2) is 13.6 Å². The van der Waals surface area contributed by atoms with E-state index in [2.05, 4.69) is 11.4 Å². The maximum Gasteiger partial charge on any atom is 0.325 e. The molecular weight excluding hydrogens is 382 g/mol. The summed E-state index contributed by atoms with van der Waals surface area (Å²) in [6.45, 7) is 0.675. The molecule has 1 aromatic rings. The summed E-state index contributed by atoms with van der Waals surface area (Å²) in [5.41, 5.74) is -3.12. The van der Waals surface area contributed by atoms with Gasteiger partial charge in [0, 0.05) is 12.6 Å². The smallest absolute Gasteiger partial charge is 0.325 e. The third-order valence-corrected chi connectivity index (χ3v) is 5.94. The minimum absolute atomic E-state index is 0.320. The number of amides is 4. The molecular formula is C20H22F2N4O3. The summed E-state index contributed by atoms with van der Waals surface area (Å²) in [7, 11) is 1.49. The van der Waals surface area contributed by atoms with E-state index in [0.29, 0.717) is 17.7 Å². The van der Waals surface area contributed by atoms with E-state index in [0.717, 1.165) is 37.5 Å². The Morgan fingerprint density at radius 2 is 1.93 bits per heavy atom. The summed E-state index contributed by atoms with van der Waals surface area (Å²) in [6.07, 6.45) is 3.66. The van der Waals surface area contributed by atoms with Gasteiger partial charge in [0.05, 0.1) is 6.07 Å². The van der Waals surface area contributed by atoms with Crippen LogP contribution in [-0.4, -0.2) is 46.8 Å². The van der Waals surface area contributed by atoms with Gasteiger partial charge in [-0.1, -0.05) is 19.3 Å². The summed E-state index contributed by atoms with van der Waals surface area (Å²) >= 11 is 0. The normalized spacial score (nSPS) is 23.5. The molecule has 1 saturated heterocycles. The van der Waals surface area contributed by atoms with Crippen LogP contribution in [0.5, 0.6) is 0 Å². The lowest BCUT2D eigenvalue weighted by molar-refractivity contribution is -0.141. The number of halogens is 2. The number of urea groups is 1. The number of nitrogens with zero attached hydrogens (tertiary/aromatic N) is 3. The summed E-state index contributed by atoms with van der Waals surface area (Å²) in [5.74, 6) is -3.03. The van der Waals surface area contributed by atoms with Crippen molar-refractivity contribution in [2.24, 2.45) is 0 Å². The number of likely N-dealkylation sites (N-methyl/N-ethyl adjacent to an activating group) is 1. The van der Waals surface area contributed by atoms with E-state index in [9.17, 15) is 28.4 Å². The second-order valence-electron chi connectivity index (χ2n) is 7.73. The van der Waals surface area contributed by atoms with Crippen LogP contribution in [-0.2, 0) is 15.1 Å². The van der Waals surface area contributed by atoms with Gasteiger partial charge in [0.25, 0.3) is 5.91 Å². The van der Waals surface area contributed by atoms with Gasteiger partial charge in [-0.3, -0.25) is 14.5 Å². The molecule has 0 aromatic heterocycles. The van der Waals surface area contributed by atoms with Crippen molar-refractivity contribution in [3.05, 3.63) is 35.4 Å². The van der Waals surface area contributed by atoms with E-state index in [1.165, 1.54) is 18.9 Å². The molecule has 2 aliphatic rings. The SMILES string of the molecule is CN(C(=O)CN1C(=O)NC(C)(c2cc(F)ccc2F)C1=O)C1(C#N)CCCCC1. The average molecular weight is 404 g/mol. The van der Waals surface area contributed by atoms with Crippen molar-refractivity contribution in [3.8, 4) is 6.07 Å². The Bertz CT molecular complexity index is 907. The van der Waals surface area contributed by atoms with Crippen LogP contribution in [0.25, 0.3) is 0 Å². The van der Waals surface area contributed by atoms with Gasteiger partial charge in [0.15, 0.2) is 0 Å².